The zero-order valence-electron chi connectivity index (χ0n) is 16.7. The quantitative estimate of drug-likeness (QED) is 0.196. The van der Waals surface area contributed by atoms with Gasteiger partial charge in [-0.3, -0.25) is 4.79 Å². The van der Waals surface area contributed by atoms with Crippen LogP contribution >= 0.6 is 0 Å². The van der Waals surface area contributed by atoms with Crippen molar-refractivity contribution >= 4 is 5.97 Å². The maximum atomic E-state index is 10.5. The Balaban J connectivity index is 3.82. The van der Waals surface area contributed by atoms with Gasteiger partial charge in [0.2, 0.25) is 0 Å². The lowest BCUT2D eigenvalue weighted by Crippen LogP contribution is -2.28. The van der Waals surface area contributed by atoms with Gasteiger partial charge < -0.3 is 30.6 Å². The zero-order chi connectivity index (χ0) is 20.7. The molecule has 0 spiro atoms. The summed E-state index contributed by atoms with van der Waals surface area (Å²) in [6.07, 6.45) is 3.67. The van der Waals surface area contributed by atoms with Crippen molar-refractivity contribution in [3.63, 3.8) is 0 Å². The van der Waals surface area contributed by atoms with Crippen LogP contribution in [0, 0.1) is 0 Å². The number of carboxylic acid groups (broad SMARTS) is 1. The molecule has 0 saturated heterocycles. The molecule has 0 aliphatic heterocycles. The molecule has 0 aliphatic rings. The molecule has 0 aromatic carbocycles. The van der Waals surface area contributed by atoms with Crippen LogP contribution in [0.2, 0.25) is 0 Å². The Kier molecular flexibility index (Phi) is 15.8. The van der Waals surface area contributed by atoms with E-state index in [-0.39, 0.29) is 25.7 Å². The first kappa shape index (κ1) is 26.3. The highest BCUT2D eigenvalue weighted by molar-refractivity contribution is 5.67. The predicted octanol–water partition coefficient (Wildman–Crippen LogP) is 1.97. The first-order valence-corrected chi connectivity index (χ1v) is 10.4. The summed E-state index contributed by atoms with van der Waals surface area (Å²) < 4.78 is 0. The first-order chi connectivity index (χ1) is 12.7. The molecule has 0 fully saturated rings. The van der Waals surface area contributed by atoms with Crippen molar-refractivity contribution in [2.24, 2.45) is 0 Å². The van der Waals surface area contributed by atoms with Gasteiger partial charge in [0.05, 0.1) is 36.9 Å². The summed E-state index contributed by atoms with van der Waals surface area (Å²) in [7, 11) is 0. The monoisotopic (exact) mass is 392 g/mol. The molecule has 0 radical (unpaired) electrons. The van der Waals surface area contributed by atoms with Gasteiger partial charge in [-0.25, -0.2) is 0 Å². The van der Waals surface area contributed by atoms with Crippen LogP contribution in [0.25, 0.3) is 0 Å². The fourth-order valence-electron chi connectivity index (χ4n) is 3.28. The van der Waals surface area contributed by atoms with Crippen molar-refractivity contribution in [1.82, 2.24) is 0 Å². The van der Waals surface area contributed by atoms with E-state index < -0.39 is 42.9 Å². The van der Waals surface area contributed by atoms with E-state index >= 15 is 0 Å². The van der Waals surface area contributed by atoms with Crippen LogP contribution in [0.5, 0.6) is 0 Å². The molecule has 0 aromatic heterocycles. The summed E-state index contributed by atoms with van der Waals surface area (Å²) in [5.41, 5.74) is 0. The number of aliphatic hydroxyl groups is 5. The first-order valence-electron chi connectivity index (χ1n) is 10.4. The third kappa shape index (κ3) is 17.1. The van der Waals surface area contributed by atoms with Crippen molar-refractivity contribution in [1.29, 1.82) is 0 Å². The van der Waals surface area contributed by atoms with E-state index in [0.717, 1.165) is 12.8 Å². The average Bonchev–Trinajstić information content (AvgIpc) is 2.52. The number of rotatable bonds is 18. The largest absolute Gasteiger partial charge is 0.481 e. The molecule has 0 bridgehead atoms. The molecular weight excluding hydrogens is 352 g/mol. The molecule has 6 N–H and O–H groups in total. The second kappa shape index (κ2) is 16.2. The summed E-state index contributed by atoms with van der Waals surface area (Å²) in [5, 5.41) is 57.7. The molecule has 0 rings (SSSR count). The third-order valence-corrected chi connectivity index (χ3v) is 4.73. The lowest BCUT2D eigenvalue weighted by Gasteiger charge is -2.21. The van der Waals surface area contributed by atoms with Crippen LogP contribution in [0.1, 0.15) is 90.4 Å². The van der Waals surface area contributed by atoms with Gasteiger partial charge >= 0.3 is 5.97 Å². The van der Waals surface area contributed by atoms with Crippen molar-refractivity contribution in [2.75, 3.05) is 0 Å². The summed E-state index contributed by atoms with van der Waals surface area (Å²) in [6.45, 7) is 2.18. The minimum absolute atomic E-state index is 0.0279. The second-order valence-corrected chi connectivity index (χ2v) is 7.72. The van der Waals surface area contributed by atoms with Gasteiger partial charge in [-0.1, -0.05) is 51.9 Å². The van der Waals surface area contributed by atoms with Gasteiger partial charge in [0.25, 0.3) is 0 Å². The average molecular weight is 393 g/mol. The second-order valence-electron chi connectivity index (χ2n) is 7.72. The van der Waals surface area contributed by atoms with E-state index in [4.69, 9.17) is 5.11 Å². The van der Waals surface area contributed by atoms with Gasteiger partial charge in [0, 0.05) is 0 Å². The van der Waals surface area contributed by atoms with Crippen LogP contribution in [0.3, 0.4) is 0 Å². The highest BCUT2D eigenvalue weighted by Gasteiger charge is 2.21. The maximum Gasteiger partial charge on any atom is 0.305 e. The summed E-state index contributed by atoms with van der Waals surface area (Å²) in [5.74, 6) is -1.15. The summed E-state index contributed by atoms with van der Waals surface area (Å²) >= 11 is 0. The van der Waals surface area contributed by atoms with E-state index in [1.807, 2.05) is 0 Å². The Labute approximate surface area is 163 Å². The Morgan fingerprint density at radius 2 is 1.04 bits per heavy atom. The minimum atomic E-state index is -1.17. The van der Waals surface area contributed by atoms with Crippen molar-refractivity contribution in [3.8, 4) is 0 Å². The number of unbranched alkanes of at least 4 members (excludes halogenated alkanes) is 6. The van der Waals surface area contributed by atoms with Crippen LogP contribution in [0.4, 0.5) is 0 Å². The molecular formula is C20H40O7. The Morgan fingerprint density at radius 1 is 0.630 bits per heavy atom. The molecule has 7 heteroatoms. The Morgan fingerprint density at radius 3 is 1.52 bits per heavy atom. The van der Waals surface area contributed by atoms with E-state index in [1.165, 1.54) is 32.1 Å². The van der Waals surface area contributed by atoms with Crippen molar-refractivity contribution < 1.29 is 35.4 Å². The molecule has 0 heterocycles. The van der Waals surface area contributed by atoms with Gasteiger partial charge in [0.1, 0.15) is 0 Å². The molecule has 5 atom stereocenters. The molecule has 0 saturated carbocycles. The predicted molar refractivity (Wildman–Crippen MR) is 103 cm³/mol. The van der Waals surface area contributed by atoms with Gasteiger partial charge in [0.15, 0.2) is 0 Å². The number of carboxylic acids is 1. The van der Waals surface area contributed by atoms with Gasteiger partial charge in [-0.05, 0) is 32.1 Å². The maximum absolute atomic E-state index is 10.5. The molecule has 5 unspecified atom stereocenters. The van der Waals surface area contributed by atoms with Crippen LogP contribution in [-0.4, -0.2) is 67.1 Å². The van der Waals surface area contributed by atoms with Gasteiger partial charge in [-0.15, -0.1) is 0 Å². The highest BCUT2D eigenvalue weighted by atomic mass is 16.4. The summed E-state index contributed by atoms with van der Waals surface area (Å²) in [6, 6.07) is 0. The number of aliphatic hydroxyl groups excluding tert-OH is 5. The fourth-order valence-corrected chi connectivity index (χ4v) is 3.28. The Hall–Kier alpha value is -0.730. The molecule has 162 valence electrons. The van der Waals surface area contributed by atoms with E-state index in [0.29, 0.717) is 6.42 Å². The fraction of sp³-hybridized carbons (Fsp3) is 0.950. The van der Waals surface area contributed by atoms with Crippen LogP contribution < -0.4 is 0 Å². The number of aliphatic carboxylic acids is 1. The normalized spacial score (nSPS) is 17.3. The minimum Gasteiger partial charge on any atom is -0.481 e. The molecule has 7 nitrogen and oxygen atoms in total. The number of carbonyl (C=O) groups is 1. The summed E-state index contributed by atoms with van der Waals surface area (Å²) in [4.78, 5) is 10.5. The third-order valence-electron chi connectivity index (χ3n) is 4.73. The van der Waals surface area contributed by atoms with Crippen LogP contribution in [-0.2, 0) is 4.79 Å². The molecule has 27 heavy (non-hydrogen) atoms. The van der Waals surface area contributed by atoms with E-state index in [9.17, 15) is 30.3 Å². The number of hydrogen-bond acceptors (Lipinski definition) is 6. The van der Waals surface area contributed by atoms with Gasteiger partial charge in [-0.2, -0.15) is 0 Å². The molecule has 0 amide bonds. The highest BCUT2D eigenvalue weighted by Crippen LogP contribution is 2.16. The smallest absolute Gasteiger partial charge is 0.305 e. The van der Waals surface area contributed by atoms with E-state index in [2.05, 4.69) is 6.92 Å². The SMILES string of the molecule is CCCCCCCCCC(O)CC(O)CC(O)CC(O)CC(O)CC(=O)O. The zero-order valence-corrected chi connectivity index (χ0v) is 16.7. The lowest BCUT2D eigenvalue weighted by atomic mass is 9.97. The van der Waals surface area contributed by atoms with E-state index in [1.54, 1.807) is 0 Å². The Bertz CT molecular complexity index is 364. The standard InChI is InChI=1S/C20H40O7/c1-2-3-4-5-6-7-8-9-15(21)10-16(22)11-17(23)12-18(24)13-19(25)14-20(26)27/h15-19,21-25H,2-14H2,1H3,(H,26,27). The molecule has 0 aliphatic carbocycles. The topological polar surface area (TPSA) is 138 Å². The van der Waals surface area contributed by atoms with Crippen molar-refractivity contribution in [3.05, 3.63) is 0 Å². The molecule has 0 aromatic rings. The number of hydrogen-bond donors (Lipinski definition) is 6. The lowest BCUT2D eigenvalue weighted by molar-refractivity contribution is -0.139. The van der Waals surface area contributed by atoms with Crippen molar-refractivity contribution in [2.45, 2.75) is 121 Å². The van der Waals surface area contributed by atoms with Crippen LogP contribution in [0.15, 0.2) is 0 Å².